The van der Waals surface area contributed by atoms with E-state index in [2.05, 4.69) is 28.2 Å². The highest BCUT2D eigenvalue weighted by atomic mass is 16.5. The van der Waals surface area contributed by atoms with Gasteiger partial charge in [-0.1, -0.05) is 49.2 Å². The molecular formula is C28H27N3O4. The van der Waals surface area contributed by atoms with Crippen LogP contribution in [0.25, 0.3) is 22.0 Å². The van der Waals surface area contributed by atoms with Gasteiger partial charge in [-0.2, -0.15) is 5.10 Å². The molecule has 4 aromatic rings. The number of ether oxygens (including phenoxy) is 1. The Kier molecular flexibility index (Phi) is 6.48. The number of fused-ring (bicyclic) bond motifs is 1. The number of para-hydroxylation sites is 1. The van der Waals surface area contributed by atoms with Crippen molar-refractivity contribution >= 4 is 29.0 Å². The van der Waals surface area contributed by atoms with E-state index in [-0.39, 0.29) is 13.0 Å². The summed E-state index contributed by atoms with van der Waals surface area (Å²) in [5, 5.41) is 17.9. The van der Waals surface area contributed by atoms with E-state index in [0.717, 1.165) is 46.3 Å². The molecule has 0 unspecified atom stereocenters. The maximum Gasteiger partial charge on any atom is 0.307 e. The maximum absolute atomic E-state index is 11.3. The third-order valence-electron chi connectivity index (χ3n) is 6.55. The molecule has 0 saturated heterocycles. The Labute approximate surface area is 203 Å². The lowest BCUT2D eigenvalue weighted by Gasteiger charge is -2.11. The standard InChI is InChI=1S/C28H27N3O4/c32-18-29-22-8-5-7-19(14-22)20-12-13-26-24(15-20)25(30-31(26)23-9-2-3-10-23)17-35-27-11-4-1-6-21(27)16-28(33)34/h1,4-8,11-15,18,23H,2-3,9-10,16-17H2,(H,29,32)(H,33,34). The molecule has 7 heteroatoms. The van der Waals surface area contributed by atoms with Crippen molar-refractivity contribution < 1.29 is 19.4 Å². The van der Waals surface area contributed by atoms with Crippen LogP contribution in [0.15, 0.2) is 66.7 Å². The van der Waals surface area contributed by atoms with Gasteiger partial charge in [0.05, 0.1) is 18.0 Å². The molecule has 0 bridgehead atoms. The van der Waals surface area contributed by atoms with Crippen LogP contribution in [0.5, 0.6) is 5.75 Å². The number of benzene rings is 3. The molecule has 1 amide bonds. The van der Waals surface area contributed by atoms with Gasteiger partial charge < -0.3 is 15.2 Å². The predicted molar refractivity (Wildman–Crippen MR) is 134 cm³/mol. The molecule has 1 aliphatic rings. The summed E-state index contributed by atoms with van der Waals surface area (Å²) in [4.78, 5) is 22.1. The Morgan fingerprint density at radius 1 is 1.06 bits per heavy atom. The van der Waals surface area contributed by atoms with Crippen LogP contribution in [0.1, 0.15) is 43.0 Å². The third-order valence-corrected chi connectivity index (χ3v) is 6.55. The molecule has 35 heavy (non-hydrogen) atoms. The van der Waals surface area contributed by atoms with Crippen LogP contribution >= 0.6 is 0 Å². The summed E-state index contributed by atoms with van der Waals surface area (Å²) in [6.45, 7) is 0.239. The summed E-state index contributed by atoms with van der Waals surface area (Å²) < 4.78 is 8.25. The number of aromatic nitrogens is 2. The van der Waals surface area contributed by atoms with Crippen molar-refractivity contribution in [3.05, 3.63) is 78.0 Å². The minimum Gasteiger partial charge on any atom is -0.487 e. The van der Waals surface area contributed by atoms with Crippen molar-refractivity contribution in [1.29, 1.82) is 0 Å². The number of carboxylic acids is 1. The molecule has 3 aromatic carbocycles. The number of rotatable bonds is 9. The van der Waals surface area contributed by atoms with Gasteiger partial charge in [0.1, 0.15) is 18.1 Å². The van der Waals surface area contributed by atoms with Gasteiger partial charge in [-0.05, 0) is 54.3 Å². The fraction of sp³-hybridized carbons (Fsp3) is 0.250. The molecule has 0 aliphatic heterocycles. The van der Waals surface area contributed by atoms with Crippen molar-refractivity contribution in [1.82, 2.24) is 9.78 Å². The zero-order valence-corrected chi connectivity index (χ0v) is 19.3. The summed E-state index contributed by atoms with van der Waals surface area (Å²) in [6.07, 6.45) is 5.21. The second kappa shape index (κ2) is 10.0. The molecule has 5 rings (SSSR count). The van der Waals surface area contributed by atoms with Crippen molar-refractivity contribution in [2.45, 2.75) is 44.8 Å². The molecule has 1 aromatic heterocycles. The lowest BCUT2D eigenvalue weighted by molar-refractivity contribution is -0.136. The second-order valence-electron chi connectivity index (χ2n) is 8.87. The van der Waals surface area contributed by atoms with Gasteiger partial charge in [0.2, 0.25) is 6.41 Å². The van der Waals surface area contributed by atoms with E-state index in [1.165, 1.54) is 12.8 Å². The third kappa shape index (κ3) is 4.89. The van der Waals surface area contributed by atoms with Crippen LogP contribution in [-0.2, 0) is 22.6 Å². The highest BCUT2D eigenvalue weighted by Crippen LogP contribution is 2.35. The molecule has 2 N–H and O–H groups in total. The van der Waals surface area contributed by atoms with E-state index in [1.54, 1.807) is 12.1 Å². The highest BCUT2D eigenvalue weighted by Gasteiger charge is 2.22. The monoisotopic (exact) mass is 469 g/mol. The molecule has 1 fully saturated rings. The Bertz CT molecular complexity index is 1370. The number of nitrogens with zero attached hydrogens (tertiary/aromatic N) is 2. The Morgan fingerprint density at radius 3 is 2.66 bits per heavy atom. The van der Waals surface area contributed by atoms with E-state index < -0.39 is 5.97 Å². The molecule has 1 aliphatic carbocycles. The fourth-order valence-electron chi connectivity index (χ4n) is 4.87. The molecule has 178 valence electrons. The molecule has 0 radical (unpaired) electrons. The topological polar surface area (TPSA) is 93.4 Å². The average molecular weight is 470 g/mol. The fourth-order valence-corrected chi connectivity index (χ4v) is 4.87. The number of hydrogen-bond acceptors (Lipinski definition) is 4. The van der Waals surface area contributed by atoms with Crippen molar-refractivity contribution in [3.8, 4) is 16.9 Å². The van der Waals surface area contributed by atoms with Crippen molar-refractivity contribution in [2.75, 3.05) is 5.32 Å². The first kappa shape index (κ1) is 22.7. The number of anilines is 1. The van der Waals surface area contributed by atoms with Crippen LogP contribution in [0.3, 0.4) is 0 Å². The van der Waals surface area contributed by atoms with E-state index in [1.807, 2.05) is 36.4 Å². The van der Waals surface area contributed by atoms with Crippen LogP contribution < -0.4 is 10.1 Å². The van der Waals surface area contributed by atoms with Crippen molar-refractivity contribution in [3.63, 3.8) is 0 Å². The molecule has 7 nitrogen and oxygen atoms in total. The lowest BCUT2D eigenvalue weighted by Crippen LogP contribution is -2.08. The van der Waals surface area contributed by atoms with Crippen LogP contribution in [-0.4, -0.2) is 27.3 Å². The van der Waals surface area contributed by atoms with Crippen LogP contribution in [0.4, 0.5) is 5.69 Å². The zero-order chi connectivity index (χ0) is 24.2. The smallest absolute Gasteiger partial charge is 0.307 e. The first-order valence-corrected chi connectivity index (χ1v) is 11.9. The van der Waals surface area contributed by atoms with Gasteiger partial charge in [0.25, 0.3) is 0 Å². The summed E-state index contributed by atoms with van der Waals surface area (Å²) in [7, 11) is 0. The first-order chi connectivity index (χ1) is 17.1. The number of carbonyl (C=O) groups excluding carboxylic acids is 1. The minimum atomic E-state index is -0.895. The van der Waals surface area contributed by atoms with Gasteiger partial charge in [-0.3, -0.25) is 14.3 Å². The molecule has 0 spiro atoms. The van der Waals surface area contributed by atoms with Gasteiger partial charge in [-0.25, -0.2) is 0 Å². The molecule has 1 saturated carbocycles. The number of aliphatic carboxylic acids is 1. The quantitative estimate of drug-likeness (QED) is 0.312. The van der Waals surface area contributed by atoms with E-state index >= 15 is 0 Å². The van der Waals surface area contributed by atoms with Gasteiger partial charge in [0, 0.05) is 16.6 Å². The van der Waals surface area contributed by atoms with Gasteiger partial charge >= 0.3 is 5.97 Å². The normalized spacial score (nSPS) is 13.7. The Morgan fingerprint density at radius 2 is 1.86 bits per heavy atom. The number of hydrogen-bond donors (Lipinski definition) is 2. The molecule has 0 atom stereocenters. The minimum absolute atomic E-state index is 0.0945. The second-order valence-corrected chi connectivity index (χ2v) is 8.87. The predicted octanol–water partition coefficient (Wildman–Crippen LogP) is 5.59. The average Bonchev–Trinajstić information content (AvgIpc) is 3.51. The summed E-state index contributed by atoms with van der Waals surface area (Å²) in [5.41, 5.74) is 5.27. The van der Waals surface area contributed by atoms with E-state index in [9.17, 15) is 14.7 Å². The summed E-state index contributed by atoms with van der Waals surface area (Å²) in [6, 6.07) is 21.6. The zero-order valence-electron chi connectivity index (χ0n) is 19.3. The van der Waals surface area contributed by atoms with E-state index in [4.69, 9.17) is 9.84 Å². The van der Waals surface area contributed by atoms with E-state index in [0.29, 0.717) is 23.8 Å². The largest absolute Gasteiger partial charge is 0.487 e. The molecular weight excluding hydrogens is 442 g/mol. The lowest BCUT2D eigenvalue weighted by atomic mass is 10.0. The number of nitrogens with one attached hydrogen (secondary N) is 1. The SMILES string of the molecule is O=CNc1cccc(-c2ccc3c(c2)c(COc2ccccc2CC(=O)O)nn3C2CCCC2)c1. The maximum atomic E-state index is 11.3. The van der Waals surface area contributed by atoms with Crippen molar-refractivity contribution in [2.24, 2.45) is 0 Å². The first-order valence-electron chi connectivity index (χ1n) is 11.9. The van der Waals surface area contributed by atoms with Gasteiger partial charge in [-0.15, -0.1) is 0 Å². The summed E-state index contributed by atoms with van der Waals surface area (Å²) >= 11 is 0. The highest BCUT2D eigenvalue weighted by molar-refractivity contribution is 5.88. The van der Waals surface area contributed by atoms with Crippen LogP contribution in [0, 0.1) is 0 Å². The van der Waals surface area contributed by atoms with Gasteiger partial charge in [0.15, 0.2) is 0 Å². The molecule has 1 heterocycles. The Hall–Kier alpha value is -4.13. The number of carboxylic acid groups (broad SMARTS) is 1. The Balaban J connectivity index is 1.52. The van der Waals surface area contributed by atoms with Crippen LogP contribution in [0.2, 0.25) is 0 Å². The number of carbonyl (C=O) groups is 2. The number of amides is 1. The summed E-state index contributed by atoms with van der Waals surface area (Å²) in [5.74, 6) is -0.338.